The molecule has 0 amide bonds. The zero-order valence-electron chi connectivity index (χ0n) is 31.6. The van der Waals surface area contributed by atoms with Gasteiger partial charge in [0.1, 0.15) is 0 Å². The number of rotatable bonds is 9. The summed E-state index contributed by atoms with van der Waals surface area (Å²) in [5.74, 6) is 0.570. The Balaban J connectivity index is 0.00000103. The van der Waals surface area contributed by atoms with Crippen LogP contribution in [0.1, 0.15) is 45.7 Å². The highest BCUT2D eigenvalue weighted by Gasteiger charge is 2.11. The van der Waals surface area contributed by atoms with E-state index in [1.807, 2.05) is 6.92 Å². The molecule has 7 aromatic carbocycles. The summed E-state index contributed by atoms with van der Waals surface area (Å²) < 4.78 is 0. The first-order chi connectivity index (χ1) is 25.9. The molecule has 0 saturated carbocycles. The lowest BCUT2D eigenvalue weighted by molar-refractivity contribution is 0.741. The van der Waals surface area contributed by atoms with Crippen molar-refractivity contribution in [1.29, 1.82) is 0 Å². The zero-order chi connectivity index (χ0) is 37.7. The number of hydrogen-bond donors (Lipinski definition) is 0. The van der Waals surface area contributed by atoms with E-state index in [1.165, 1.54) is 77.2 Å². The molecular formula is C54H54. The second kappa shape index (κ2) is 19.6. The van der Waals surface area contributed by atoms with Crippen molar-refractivity contribution in [3.05, 3.63) is 187 Å². The van der Waals surface area contributed by atoms with Crippen LogP contribution in [-0.4, -0.2) is 0 Å². The fourth-order valence-corrected chi connectivity index (χ4v) is 6.95. The Morgan fingerprint density at radius 3 is 1.70 bits per heavy atom. The summed E-state index contributed by atoms with van der Waals surface area (Å²) in [5.41, 5.74) is 12.5. The van der Waals surface area contributed by atoms with E-state index in [-0.39, 0.29) is 7.43 Å². The van der Waals surface area contributed by atoms with Crippen LogP contribution in [-0.2, 0) is 6.42 Å². The Kier molecular flexibility index (Phi) is 14.7. The maximum absolute atomic E-state index is 4.33. The molecule has 7 rings (SSSR count). The highest BCUT2D eigenvalue weighted by atomic mass is 14.2. The molecule has 0 nitrogen and oxygen atoms in total. The number of terminal acetylenes is 1. The molecular weight excluding hydrogens is 649 g/mol. The SMILES string of the molecule is C.C#C.C=CC.C=c1ccc2c(-c3ccc(-c4cccc(-c5cccc(-c6ccc(C/C=C\C(C)C/C=C\C)cc6)c5)c4)cc3)ccc3ccc(C)c1c32. The molecule has 0 aromatic heterocycles. The van der Waals surface area contributed by atoms with Crippen LogP contribution in [0.3, 0.4) is 0 Å². The molecule has 0 aliphatic carbocycles. The quantitative estimate of drug-likeness (QED) is 0.104. The first-order valence-corrected chi connectivity index (χ1v) is 18.4. The average Bonchev–Trinajstić information content (AvgIpc) is 3.20. The smallest absolute Gasteiger partial charge is 0.00241 e. The first kappa shape index (κ1) is 40.6. The van der Waals surface area contributed by atoms with E-state index in [4.69, 9.17) is 0 Å². The van der Waals surface area contributed by atoms with Gasteiger partial charge in [-0.2, -0.15) is 0 Å². The predicted octanol–water partition coefficient (Wildman–Crippen LogP) is 14.9. The van der Waals surface area contributed by atoms with Crippen molar-refractivity contribution >= 4 is 28.1 Å². The normalized spacial score (nSPS) is 11.4. The Bertz CT molecular complexity index is 2410. The maximum atomic E-state index is 4.33. The van der Waals surface area contributed by atoms with Crippen LogP contribution in [0.2, 0.25) is 0 Å². The molecule has 0 bridgehead atoms. The Hall–Kier alpha value is -6.16. The topological polar surface area (TPSA) is 0 Å². The van der Waals surface area contributed by atoms with Crippen molar-refractivity contribution in [3.8, 4) is 57.4 Å². The zero-order valence-corrected chi connectivity index (χ0v) is 31.6. The van der Waals surface area contributed by atoms with Gasteiger partial charge in [-0.1, -0.05) is 173 Å². The first-order valence-electron chi connectivity index (χ1n) is 18.4. The van der Waals surface area contributed by atoms with Crippen molar-refractivity contribution in [1.82, 2.24) is 0 Å². The van der Waals surface area contributed by atoms with Gasteiger partial charge in [0, 0.05) is 0 Å². The van der Waals surface area contributed by atoms with Crippen molar-refractivity contribution in [2.75, 3.05) is 0 Å². The van der Waals surface area contributed by atoms with E-state index in [9.17, 15) is 0 Å². The molecule has 0 fully saturated rings. The molecule has 0 aliphatic heterocycles. The summed E-state index contributed by atoms with van der Waals surface area (Å²) >= 11 is 0. The molecule has 0 heteroatoms. The molecule has 7 aromatic rings. The van der Waals surface area contributed by atoms with Gasteiger partial charge >= 0.3 is 0 Å². The van der Waals surface area contributed by atoms with Gasteiger partial charge in [-0.3, -0.25) is 0 Å². The third-order valence-corrected chi connectivity index (χ3v) is 9.64. The van der Waals surface area contributed by atoms with Crippen LogP contribution in [0, 0.1) is 25.7 Å². The van der Waals surface area contributed by atoms with Crippen molar-refractivity contribution in [2.24, 2.45) is 5.92 Å². The van der Waals surface area contributed by atoms with E-state index < -0.39 is 0 Å². The number of allylic oxidation sites excluding steroid dienone is 5. The van der Waals surface area contributed by atoms with E-state index in [2.05, 4.69) is 205 Å². The van der Waals surface area contributed by atoms with Gasteiger partial charge in [-0.15, -0.1) is 19.4 Å². The summed E-state index contributed by atoms with van der Waals surface area (Å²) in [6.07, 6.45) is 20.8. The van der Waals surface area contributed by atoms with Gasteiger partial charge in [0.15, 0.2) is 0 Å². The van der Waals surface area contributed by atoms with Gasteiger partial charge < -0.3 is 0 Å². The Labute approximate surface area is 324 Å². The molecule has 0 aliphatic rings. The largest absolute Gasteiger partial charge is 0.124 e. The van der Waals surface area contributed by atoms with Crippen molar-refractivity contribution < 1.29 is 0 Å². The Morgan fingerprint density at radius 1 is 0.611 bits per heavy atom. The molecule has 0 N–H and O–H groups in total. The lowest BCUT2D eigenvalue weighted by Gasteiger charge is -2.14. The molecule has 270 valence electrons. The summed E-state index contributed by atoms with van der Waals surface area (Å²) in [6.45, 7) is 16.1. The van der Waals surface area contributed by atoms with Crippen LogP contribution >= 0.6 is 0 Å². The minimum Gasteiger partial charge on any atom is -0.124 e. The lowest BCUT2D eigenvalue weighted by Crippen LogP contribution is -2.01. The number of hydrogen-bond acceptors (Lipinski definition) is 0. The van der Waals surface area contributed by atoms with Crippen molar-refractivity contribution in [3.63, 3.8) is 0 Å². The monoisotopic (exact) mass is 702 g/mol. The van der Waals surface area contributed by atoms with Gasteiger partial charge in [-0.05, 0) is 134 Å². The second-order valence-corrected chi connectivity index (χ2v) is 13.5. The van der Waals surface area contributed by atoms with E-state index >= 15 is 0 Å². The summed E-state index contributed by atoms with van der Waals surface area (Å²) in [5, 5.41) is 6.22. The van der Waals surface area contributed by atoms with Crippen LogP contribution < -0.4 is 5.22 Å². The van der Waals surface area contributed by atoms with Crippen LogP contribution in [0.4, 0.5) is 0 Å². The average molecular weight is 703 g/mol. The van der Waals surface area contributed by atoms with Crippen LogP contribution in [0.25, 0.3) is 72.6 Å². The maximum Gasteiger partial charge on any atom is -0.00241 e. The fourth-order valence-electron chi connectivity index (χ4n) is 6.95. The number of aryl methyl sites for hydroxylation is 1. The third kappa shape index (κ3) is 9.43. The van der Waals surface area contributed by atoms with Crippen LogP contribution in [0.15, 0.2) is 170 Å². The minimum absolute atomic E-state index is 0. The second-order valence-electron chi connectivity index (χ2n) is 13.5. The van der Waals surface area contributed by atoms with Gasteiger partial charge in [0.25, 0.3) is 0 Å². The van der Waals surface area contributed by atoms with Crippen LogP contribution in [0.5, 0.6) is 0 Å². The van der Waals surface area contributed by atoms with Gasteiger partial charge in [0.05, 0.1) is 0 Å². The number of benzene rings is 7. The molecule has 0 saturated heterocycles. The molecule has 0 heterocycles. The predicted molar refractivity (Wildman–Crippen MR) is 243 cm³/mol. The lowest BCUT2D eigenvalue weighted by atomic mass is 9.90. The van der Waals surface area contributed by atoms with Crippen molar-refractivity contribution in [2.45, 2.75) is 48.0 Å². The molecule has 1 unspecified atom stereocenters. The summed E-state index contributed by atoms with van der Waals surface area (Å²) in [4.78, 5) is 0. The highest BCUT2D eigenvalue weighted by Crippen LogP contribution is 2.36. The molecule has 0 radical (unpaired) electrons. The molecule has 54 heavy (non-hydrogen) atoms. The summed E-state index contributed by atoms with van der Waals surface area (Å²) in [6, 6.07) is 49.2. The summed E-state index contributed by atoms with van der Waals surface area (Å²) in [7, 11) is 0. The van der Waals surface area contributed by atoms with E-state index in [1.54, 1.807) is 6.08 Å². The minimum atomic E-state index is 0. The Morgan fingerprint density at radius 2 is 1.13 bits per heavy atom. The highest BCUT2D eigenvalue weighted by molar-refractivity contribution is 6.16. The molecule has 0 spiro atoms. The molecule has 1 atom stereocenters. The van der Waals surface area contributed by atoms with E-state index in [0.717, 1.165) is 18.1 Å². The van der Waals surface area contributed by atoms with E-state index in [0.29, 0.717) is 5.92 Å². The third-order valence-electron chi connectivity index (χ3n) is 9.64. The van der Waals surface area contributed by atoms with Gasteiger partial charge in [0.2, 0.25) is 0 Å². The standard InChI is InChI=1S/C48H42.C3H6.C2H2.CH4/c1-5-6-10-33(2)11-7-12-36-19-22-37(23-20-36)41-13-8-15-43(31-41)44-16-9-14-42(32-44)38-24-26-39(27-25-38)45-30-28-40-21-17-34(3)47-35(4)18-29-46(45)48(40)47;1-3-2;1-2;/h5-9,11,13-33H,4,10,12H2,1-3H3;3H,1H2,2H3;1-2H;1H4/b6-5-,11-7-;;;. The fraction of sp³-hybridized carbons (Fsp3) is 0.148. The van der Waals surface area contributed by atoms with Gasteiger partial charge in [-0.25, -0.2) is 0 Å².